The molecule has 1 aromatic heterocycles. The fourth-order valence-electron chi connectivity index (χ4n) is 3.78. The van der Waals surface area contributed by atoms with Crippen molar-refractivity contribution in [2.45, 2.75) is 32.9 Å². The van der Waals surface area contributed by atoms with Gasteiger partial charge in [-0.25, -0.2) is 14.7 Å². The normalized spacial score (nSPS) is 15.1. The van der Waals surface area contributed by atoms with Crippen molar-refractivity contribution in [1.82, 2.24) is 9.88 Å². The van der Waals surface area contributed by atoms with Crippen molar-refractivity contribution >= 4 is 52.2 Å². The van der Waals surface area contributed by atoms with Crippen molar-refractivity contribution in [2.75, 3.05) is 16.8 Å². The number of rotatable bonds is 7. The van der Waals surface area contributed by atoms with Crippen LogP contribution in [0.3, 0.4) is 0 Å². The molecule has 1 aliphatic rings. The number of halogens is 2. The Labute approximate surface area is 208 Å². The fraction of sp³-hybridized carbons (Fsp3) is 0.240. The van der Waals surface area contributed by atoms with Crippen LogP contribution in [0.5, 0.6) is 5.88 Å². The molecule has 1 fully saturated rings. The van der Waals surface area contributed by atoms with Crippen LogP contribution >= 0.6 is 23.2 Å². The second-order valence-electron chi connectivity index (χ2n) is 8.26. The van der Waals surface area contributed by atoms with Gasteiger partial charge in [-0.05, 0) is 56.7 Å². The lowest BCUT2D eigenvalue weighted by Gasteiger charge is -2.28. The maximum atomic E-state index is 13.5. The van der Waals surface area contributed by atoms with Crippen LogP contribution in [0.1, 0.15) is 26.3 Å². The van der Waals surface area contributed by atoms with Gasteiger partial charge in [-0.2, -0.15) is 0 Å². The number of para-hydroxylation sites is 1. The highest BCUT2D eigenvalue weighted by Crippen LogP contribution is 2.36. The van der Waals surface area contributed by atoms with Gasteiger partial charge in [-0.3, -0.25) is 4.79 Å². The quantitative estimate of drug-likeness (QED) is 0.388. The largest absolute Gasteiger partial charge is 0.478 e. The number of carbonyl (C=O) groups excluding carboxylic acids is 2. The number of benzene rings is 2. The van der Waals surface area contributed by atoms with Crippen LogP contribution in [0.25, 0.3) is 0 Å². The predicted octanol–water partition coefficient (Wildman–Crippen LogP) is 6.28. The number of amides is 3. The SMILES string of the molecule is CCOc1cc(N2C(=O)N(Cc3ccccc3Nc3ccc(Cl)cc3Cl)C(C)(C)C2=O)ccn1. The Hall–Kier alpha value is -3.29. The number of hydrogen-bond acceptors (Lipinski definition) is 5. The Balaban J connectivity index is 1.64. The second kappa shape index (κ2) is 9.52. The van der Waals surface area contributed by atoms with E-state index in [1.807, 2.05) is 31.2 Å². The molecule has 0 bridgehead atoms. The number of nitrogens with one attached hydrogen (secondary N) is 1. The van der Waals surface area contributed by atoms with E-state index < -0.39 is 11.6 Å². The summed E-state index contributed by atoms with van der Waals surface area (Å²) < 4.78 is 5.44. The second-order valence-corrected chi connectivity index (χ2v) is 9.10. The van der Waals surface area contributed by atoms with Gasteiger partial charge in [0, 0.05) is 23.0 Å². The zero-order valence-electron chi connectivity index (χ0n) is 19.0. The predicted molar refractivity (Wildman–Crippen MR) is 134 cm³/mol. The maximum absolute atomic E-state index is 13.5. The van der Waals surface area contributed by atoms with E-state index in [0.717, 1.165) is 11.3 Å². The molecule has 2 aromatic carbocycles. The third-order valence-electron chi connectivity index (χ3n) is 5.64. The molecule has 3 amide bonds. The molecular formula is C25H24Cl2N4O3. The number of pyridine rings is 1. The number of aromatic nitrogens is 1. The standard InChI is InChI=1S/C25H24Cl2N4O3/c1-4-34-22-14-18(11-12-28-22)31-23(32)25(2,3)30(24(31)33)15-16-7-5-6-8-20(16)29-21-10-9-17(26)13-19(21)27/h5-14,29H,4,15H2,1-3H3. The lowest BCUT2D eigenvalue weighted by molar-refractivity contribution is -0.123. The fourth-order valence-corrected chi connectivity index (χ4v) is 4.24. The minimum atomic E-state index is -1.06. The van der Waals surface area contributed by atoms with Gasteiger partial charge in [0.2, 0.25) is 5.88 Å². The van der Waals surface area contributed by atoms with Crippen LogP contribution in [0, 0.1) is 0 Å². The highest BCUT2D eigenvalue weighted by atomic mass is 35.5. The summed E-state index contributed by atoms with van der Waals surface area (Å²) in [5, 5.41) is 4.32. The van der Waals surface area contributed by atoms with E-state index in [4.69, 9.17) is 27.9 Å². The minimum absolute atomic E-state index is 0.214. The van der Waals surface area contributed by atoms with Crippen molar-refractivity contribution in [3.63, 3.8) is 0 Å². The van der Waals surface area contributed by atoms with Gasteiger partial charge in [-0.15, -0.1) is 0 Å². The number of anilines is 3. The third kappa shape index (κ3) is 4.54. The smallest absolute Gasteiger partial charge is 0.332 e. The summed E-state index contributed by atoms with van der Waals surface area (Å²) in [6, 6.07) is 15.6. The highest BCUT2D eigenvalue weighted by Gasteiger charge is 2.52. The molecule has 0 aliphatic carbocycles. The molecule has 4 rings (SSSR count). The molecule has 1 saturated heterocycles. The first-order valence-electron chi connectivity index (χ1n) is 10.8. The van der Waals surface area contributed by atoms with E-state index in [1.54, 1.807) is 49.1 Å². The average Bonchev–Trinajstić information content (AvgIpc) is 2.96. The Morgan fingerprint density at radius 3 is 2.53 bits per heavy atom. The van der Waals surface area contributed by atoms with Gasteiger partial charge in [0.15, 0.2) is 0 Å². The van der Waals surface area contributed by atoms with Crippen LogP contribution in [0.15, 0.2) is 60.8 Å². The van der Waals surface area contributed by atoms with E-state index in [2.05, 4.69) is 10.3 Å². The van der Waals surface area contributed by atoms with E-state index in [-0.39, 0.29) is 12.5 Å². The summed E-state index contributed by atoms with van der Waals surface area (Å²) in [5.41, 5.74) is 1.64. The highest BCUT2D eigenvalue weighted by molar-refractivity contribution is 6.36. The molecule has 0 atom stereocenters. The third-order valence-corrected chi connectivity index (χ3v) is 6.19. The first-order valence-corrected chi connectivity index (χ1v) is 11.5. The number of hydrogen-bond donors (Lipinski definition) is 1. The van der Waals surface area contributed by atoms with Gasteiger partial charge >= 0.3 is 6.03 Å². The molecule has 0 saturated carbocycles. The molecule has 0 radical (unpaired) electrons. The van der Waals surface area contributed by atoms with Crippen LogP contribution in [0.2, 0.25) is 10.0 Å². The number of nitrogens with zero attached hydrogens (tertiary/aromatic N) is 3. The summed E-state index contributed by atoms with van der Waals surface area (Å²) in [6.07, 6.45) is 1.52. The van der Waals surface area contributed by atoms with Crippen LogP contribution in [0.4, 0.5) is 21.9 Å². The van der Waals surface area contributed by atoms with E-state index in [1.165, 1.54) is 11.1 Å². The first kappa shape index (κ1) is 23.9. The van der Waals surface area contributed by atoms with Crippen molar-refractivity contribution in [3.05, 3.63) is 76.4 Å². The van der Waals surface area contributed by atoms with Crippen LogP contribution < -0.4 is 15.0 Å². The number of imide groups is 1. The summed E-state index contributed by atoms with van der Waals surface area (Å²) in [4.78, 5) is 33.7. The number of ether oxygens (including phenoxy) is 1. The van der Waals surface area contributed by atoms with Gasteiger partial charge in [0.05, 0.1) is 29.5 Å². The number of carbonyl (C=O) groups is 2. The zero-order valence-corrected chi connectivity index (χ0v) is 20.5. The molecule has 2 heterocycles. The monoisotopic (exact) mass is 498 g/mol. The molecule has 9 heteroatoms. The van der Waals surface area contributed by atoms with Crippen molar-refractivity contribution in [2.24, 2.45) is 0 Å². The van der Waals surface area contributed by atoms with Crippen molar-refractivity contribution in [3.8, 4) is 5.88 Å². The molecule has 1 aliphatic heterocycles. The zero-order chi connectivity index (χ0) is 24.5. The van der Waals surface area contributed by atoms with E-state index in [0.29, 0.717) is 33.9 Å². The molecule has 1 N–H and O–H groups in total. The molecular weight excluding hydrogens is 475 g/mol. The molecule has 0 unspecified atom stereocenters. The molecule has 176 valence electrons. The summed E-state index contributed by atoms with van der Waals surface area (Å²) in [7, 11) is 0. The molecule has 34 heavy (non-hydrogen) atoms. The average molecular weight is 499 g/mol. The van der Waals surface area contributed by atoms with Crippen molar-refractivity contribution < 1.29 is 14.3 Å². The van der Waals surface area contributed by atoms with Crippen molar-refractivity contribution in [1.29, 1.82) is 0 Å². The van der Waals surface area contributed by atoms with E-state index in [9.17, 15) is 9.59 Å². The topological polar surface area (TPSA) is 74.8 Å². The summed E-state index contributed by atoms with van der Waals surface area (Å²) in [5.74, 6) is 0.0311. The number of urea groups is 1. The Morgan fingerprint density at radius 1 is 1.03 bits per heavy atom. The van der Waals surface area contributed by atoms with Gasteiger partial charge in [0.25, 0.3) is 5.91 Å². The van der Waals surface area contributed by atoms with Gasteiger partial charge < -0.3 is 15.0 Å². The summed E-state index contributed by atoms with van der Waals surface area (Å²) in [6.45, 7) is 5.96. The maximum Gasteiger partial charge on any atom is 0.332 e. The lowest BCUT2D eigenvalue weighted by Crippen LogP contribution is -2.43. The van der Waals surface area contributed by atoms with Gasteiger partial charge in [0.1, 0.15) is 5.54 Å². The Kier molecular flexibility index (Phi) is 6.68. The van der Waals surface area contributed by atoms with E-state index >= 15 is 0 Å². The van der Waals surface area contributed by atoms with Crippen LogP contribution in [-0.2, 0) is 11.3 Å². The Bertz CT molecular complexity index is 1250. The molecule has 3 aromatic rings. The first-order chi connectivity index (χ1) is 16.2. The lowest BCUT2D eigenvalue weighted by atomic mass is 10.0. The summed E-state index contributed by atoms with van der Waals surface area (Å²) >= 11 is 12.3. The minimum Gasteiger partial charge on any atom is -0.478 e. The Morgan fingerprint density at radius 2 is 1.79 bits per heavy atom. The van der Waals surface area contributed by atoms with Crippen LogP contribution in [-0.4, -0.2) is 34.0 Å². The molecule has 0 spiro atoms. The van der Waals surface area contributed by atoms with Gasteiger partial charge in [-0.1, -0.05) is 41.4 Å². The molecule has 7 nitrogen and oxygen atoms in total.